The zero-order chi connectivity index (χ0) is 9.14. The summed E-state index contributed by atoms with van der Waals surface area (Å²) < 4.78 is 0. The maximum Gasteiger partial charge on any atom is 0.0412 e. The minimum Gasteiger partial charge on any atom is -0.362 e. The average molecular weight is 161 g/mol. The lowest BCUT2D eigenvalue weighted by atomic mass is 10.0. The number of benzene rings is 1. The molecule has 1 aromatic carbocycles. The molecule has 12 heavy (non-hydrogen) atoms. The third-order valence-corrected chi connectivity index (χ3v) is 2.32. The molecule has 0 radical (unpaired) electrons. The molecule has 0 saturated heterocycles. The SMILES string of the molecule is C=CNc1ccc(C)c(C)c1C. The Labute approximate surface area is 74.1 Å². The maximum absolute atomic E-state index is 3.64. The van der Waals surface area contributed by atoms with Gasteiger partial charge < -0.3 is 5.32 Å². The van der Waals surface area contributed by atoms with Crippen LogP contribution in [0, 0.1) is 20.8 Å². The smallest absolute Gasteiger partial charge is 0.0412 e. The van der Waals surface area contributed by atoms with Crippen molar-refractivity contribution in [2.45, 2.75) is 20.8 Å². The molecule has 0 fully saturated rings. The second-order valence-corrected chi connectivity index (χ2v) is 3.03. The summed E-state index contributed by atoms with van der Waals surface area (Å²) in [6, 6.07) is 4.20. The van der Waals surface area contributed by atoms with Gasteiger partial charge in [0.1, 0.15) is 0 Å². The van der Waals surface area contributed by atoms with E-state index in [4.69, 9.17) is 0 Å². The summed E-state index contributed by atoms with van der Waals surface area (Å²) in [4.78, 5) is 0. The molecular formula is C11H15N. The number of anilines is 1. The van der Waals surface area contributed by atoms with E-state index in [1.807, 2.05) is 0 Å². The first-order valence-corrected chi connectivity index (χ1v) is 4.11. The molecule has 0 amide bonds. The van der Waals surface area contributed by atoms with Gasteiger partial charge in [-0.2, -0.15) is 0 Å². The standard InChI is InChI=1S/C11H15N/c1-5-12-11-7-6-8(2)9(3)10(11)4/h5-7,12H,1H2,2-4H3. The van der Waals surface area contributed by atoms with Gasteiger partial charge in [-0.1, -0.05) is 12.6 Å². The van der Waals surface area contributed by atoms with Crippen LogP contribution in [-0.2, 0) is 0 Å². The number of rotatable bonds is 2. The summed E-state index contributed by atoms with van der Waals surface area (Å²) >= 11 is 0. The molecule has 0 unspecified atom stereocenters. The Morgan fingerprint density at radius 1 is 1.17 bits per heavy atom. The van der Waals surface area contributed by atoms with Gasteiger partial charge in [0.25, 0.3) is 0 Å². The summed E-state index contributed by atoms with van der Waals surface area (Å²) in [6.45, 7) is 10.0. The van der Waals surface area contributed by atoms with Crippen molar-refractivity contribution in [2.24, 2.45) is 0 Å². The van der Waals surface area contributed by atoms with Crippen molar-refractivity contribution >= 4 is 5.69 Å². The van der Waals surface area contributed by atoms with Crippen molar-refractivity contribution in [3.05, 3.63) is 41.6 Å². The first-order chi connectivity index (χ1) is 5.66. The Bertz CT molecular complexity index is 300. The molecule has 0 heterocycles. The summed E-state index contributed by atoms with van der Waals surface area (Å²) in [5.74, 6) is 0. The molecular weight excluding hydrogens is 146 g/mol. The van der Waals surface area contributed by atoms with E-state index in [9.17, 15) is 0 Å². The molecule has 1 rings (SSSR count). The van der Waals surface area contributed by atoms with E-state index in [2.05, 4.69) is 44.8 Å². The van der Waals surface area contributed by atoms with E-state index in [-0.39, 0.29) is 0 Å². The van der Waals surface area contributed by atoms with Gasteiger partial charge in [-0.15, -0.1) is 0 Å². The first kappa shape index (κ1) is 8.85. The van der Waals surface area contributed by atoms with E-state index in [1.165, 1.54) is 16.7 Å². The summed E-state index contributed by atoms with van der Waals surface area (Å²) in [7, 11) is 0. The minimum absolute atomic E-state index is 1.15. The largest absolute Gasteiger partial charge is 0.362 e. The predicted octanol–water partition coefficient (Wildman–Crippen LogP) is 3.17. The van der Waals surface area contributed by atoms with Crippen molar-refractivity contribution in [3.8, 4) is 0 Å². The first-order valence-electron chi connectivity index (χ1n) is 4.11. The van der Waals surface area contributed by atoms with Crippen LogP contribution >= 0.6 is 0 Å². The van der Waals surface area contributed by atoms with Crippen molar-refractivity contribution < 1.29 is 0 Å². The van der Waals surface area contributed by atoms with Gasteiger partial charge in [0.05, 0.1) is 0 Å². The van der Waals surface area contributed by atoms with E-state index in [0.29, 0.717) is 0 Å². The fourth-order valence-electron chi connectivity index (χ4n) is 1.22. The fraction of sp³-hybridized carbons (Fsp3) is 0.273. The highest BCUT2D eigenvalue weighted by molar-refractivity contribution is 5.57. The highest BCUT2D eigenvalue weighted by Crippen LogP contribution is 2.21. The zero-order valence-corrected chi connectivity index (χ0v) is 7.94. The second kappa shape index (κ2) is 3.44. The van der Waals surface area contributed by atoms with E-state index in [0.717, 1.165) is 5.69 Å². The highest BCUT2D eigenvalue weighted by atomic mass is 14.8. The molecule has 1 nitrogen and oxygen atoms in total. The lowest BCUT2D eigenvalue weighted by Gasteiger charge is -2.10. The Morgan fingerprint density at radius 3 is 2.42 bits per heavy atom. The molecule has 0 aliphatic heterocycles. The zero-order valence-electron chi connectivity index (χ0n) is 7.94. The average Bonchev–Trinajstić information content (AvgIpc) is 2.07. The van der Waals surface area contributed by atoms with Crippen molar-refractivity contribution in [2.75, 3.05) is 5.32 Å². The summed E-state index contributed by atoms with van der Waals surface area (Å²) in [5.41, 5.74) is 5.13. The number of hydrogen-bond donors (Lipinski definition) is 1. The van der Waals surface area contributed by atoms with Crippen molar-refractivity contribution in [3.63, 3.8) is 0 Å². The van der Waals surface area contributed by atoms with Crippen LogP contribution < -0.4 is 5.32 Å². The van der Waals surface area contributed by atoms with Gasteiger partial charge in [0.15, 0.2) is 0 Å². The van der Waals surface area contributed by atoms with Gasteiger partial charge in [-0.3, -0.25) is 0 Å². The fourth-order valence-corrected chi connectivity index (χ4v) is 1.22. The van der Waals surface area contributed by atoms with Crippen molar-refractivity contribution in [1.29, 1.82) is 0 Å². The van der Waals surface area contributed by atoms with Crippen LogP contribution in [-0.4, -0.2) is 0 Å². The van der Waals surface area contributed by atoms with E-state index in [1.54, 1.807) is 6.20 Å². The normalized spacial score (nSPS) is 9.58. The van der Waals surface area contributed by atoms with Gasteiger partial charge in [-0.05, 0) is 49.7 Å². The van der Waals surface area contributed by atoms with Crippen LogP contribution in [0.4, 0.5) is 5.69 Å². The molecule has 1 N–H and O–H groups in total. The third kappa shape index (κ3) is 1.50. The van der Waals surface area contributed by atoms with Gasteiger partial charge in [0, 0.05) is 5.69 Å². The van der Waals surface area contributed by atoms with Gasteiger partial charge >= 0.3 is 0 Å². The highest BCUT2D eigenvalue weighted by Gasteiger charge is 2.00. The number of nitrogens with one attached hydrogen (secondary N) is 1. The molecule has 0 saturated carbocycles. The van der Waals surface area contributed by atoms with Crippen molar-refractivity contribution in [1.82, 2.24) is 0 Å². The molecule has 1 aromatic rings. The number of aryl methyl sites for hydroxylation is 1. The Balaban J connectivity index is 3.16. The lowest BCUT2D eigenvalue weighted by molar-refractivity contribution is 1.26. The van der Waals surface area contributed by atoms with Crippen LogP contribution in [0.1, 0.15) is 16.7 Å². The quantitative estimate of drug-likeness (QED) is 0.702. The van der Waals surface area contributed by atoms with Crippen LogP contribution in [0.15, 0.2) is 24.9 Å². The lowest BCUT2D eigenvalue weighted by Crippen LogP contribution is -1.94. The molecule has 0 aliphatic carbocycles. The topological polar surface area (TPSA) is 12.0 Å². The molecule has 0 atom stereocenters. The Morgan fingerprint density at radius 2 is 1.83 bits per heavy atom. The Hall–Kier alpha value is -1.24. The minimum atomic E-state index is 1.15. The van der Waals surface area contributed by atoms with Crippen LogP contribution in [0.2, 0.25) is 0 Å². The van der Waals surface area contributed by atoms with Gasteiger partial charge in [0.2, 0.25) is 0 Å². The molecule has 0 aliphatic rings. The van der Waals surface area contributed by atoms with E-state index >= 15 is 0 Å². The molecule has 0 spiro atoms. The summed E-state index contributed by atoms with van der Waals surface area (Å²) in [5, 5.41) is 3.11. The third-order valence-electron chi connectivity index (χ3n) is 2.32. The van der Waals surface area contributed by atoms with Gasteiger partial charge in [-0.25, -0.2) is 0 Å². The summed E-state index contributed by atoms with van der Waals surface area (Å²) in [6.07, 6.45) is 1.71. The molecule has 1 heteroatoms. The molecule has 64 valence electrons. The monoisotopic (exact) mass is 161 g/mol. The predicted molar refractivity (Wildman–Crippen MR) is 54.5 cm³/mol. The van der Waals surface area contributed by atoms with Crippen LogP contribution in [0.25, 0.3) is 0 Å². The molecule has 0 aromatic heterocycles. The molecule has 0 bridgehead atoms. The maximum atomic E-state index is 3.64. The van der Waals surface area contributed by atoms with Crippen LogP contribution in [0.3, 0.4) is 0 Å². The second-order valence-electron chi connectivity index (χ2n) is 3.03. The number of hydrogen-bond acceptors (Lipinski definition) is 1. The van der Waals surface area contributed by atoms with Crippen LogP contribution in [0.5, 0.6) is 0 Å². The Kier molecular flexibility index (Phi) is 2.54. The van der Waals surface area contributed by atoms with E-state index < -0.39 is 0 Å².